The van der Waals surface area contributed by atoms with Gasteiger partial charge in [-0.15, -0.1) is 0 Å². The highest BCUT2D eigenvalue weighted by molar-refractivity contribution is 7.85. The lowest BCUT2D eigenvalue weighted by Gasteiger charge is -2.31. The third kappa shape index (κ3) is 3.62. The molecule has 0 radical (unpaired) electrons. The summed E-state index contributed by atoms with van der Waals surface area (Å²) in [5.41, 5.74) is 1.20. The Morgan fingerprint density at radius 1 is 1.44 bits per heavy atom. The van der Waals surface area contributed by atoms with E-state index in [1.807, 2.05) is 19.2 Å². The number of pyridine rings is 1. The van der Waals surface area contributed by atoms with Crippen LogP contribution in [-0.2, 0) is 17.3 Å². The first-order valence-corrected chi connectivity index (χ1v) is 8.19. The molecule has 1 aromatic rings. The Morgan fingerprint density at radius 2 is 2.28 bits per heavy atom. The first kappa shape index (κ1) is 13.7. The molecule has 0 saturated heterocycles. The Balaban J connectivity index is 1.91. The minimum atomic E-state index is -0.680. The molecule has 0 aliphatic heterocycles. The molecule has 1 saturated carbocycles. The maximum Gasteiger partial charge on any atom is 0.0501 e. The van der Waals surface area contributed by atoms with E-state index in [0.717, 1.165) is 25.1 Å². The van der Waals surface area contributed by atoms with Crippen LogP contribution in [0, 0.1) is 0 Å². The van der Waals surface area contributed by atoms with Crippen LogP contribution in [0.3, 0.4) is 0 Å². The van der Waals surface area contributed by atoms with Crippen molar-refractivity contribution in [2.45, 2.75) is 50.4 Å². The molecule has 3 nitrogen and oxygen atoms in total. The van der Waals surface area contributed by atoms with E-state index in [1.165, 1.54) is 18.4 Å². The fourth-order valence-electron chi connectivity index (χ4n) is 2.61. The Kier molecular flexibility index (Phi) is 5.32. The maximum atomic E-state index is 12.0. The molecule has 100 valence electrons. The number of nitrogens with one attached hydrogen (secondary N) is 1. The van der Waals surface area contributed by atoms with Crippen molar-refractivity contribution in [1.82, 2.24) is 10.3 Å². The molecule has 2 rings (SSSR count). The first-order valence-electron chi connectivity index (χ1n) is 6.80. The Bertz CT molecular complexity index is 383. The molecule has 4 heteroatoms. The van der Waals surface area contributed by atoms with Crippen molar-refractivity contribution in [2.75, 3.05) is 5.75 Å². The second-order valence-electron chi connectivity index (χ2n) is 4.84. The summed E-state index contributed by atoms with van der Waals surface area (Å²) in [6.45, 7) is 2.85. The van der Waals surface area contributed by atoms with Crippen molar-refractivity contribution >= 4 is 10.8 Å². The average molecular weight is 266 g/mol. The van der Waals surface area contributed by atoms with E-state index < -0.39 is 10.8 Å². The predicted octanol–water partition coefficient (Wildman–Crippen LogP) is 2.25. The molecule has 1 N–H and O–H groups in total. The fraction of sp³-hybridized carbons (Fsp3) is 0.643. The summed E-state index contributed by atoms with van der Waals surface area (Å²) in [6.07, 6.45) is 8.41. The lowest BCUT2D eigenvalue weighted by Crippen LogP contribution is -2.44. The summed E-state index contributed by atoms with van der Waals surface area (Å²) in [6, 6.07) is 4.44. The number of nitrogens with zero attached hydrogens (tertiary/aromatic N) is 1. The molecular formula is C14H22N2OS. The quantitative estimate of drug-likeness (QED) is 0.889. The Labute approximate surface area is 112 Å². The Hall–Kier alpha value is -0.740. The fourth-order valence-corrected chi connectivity index (χ4v) is 4.07. The van der Waals surface area contributed by atoms with Crippen LogP contribution in [0.5, 0.6) is 0 Å². The number of hydrogen-bond donors (Lipinski definition) is 1. The summed E-state index contributed by atoms with van der Waals surface area (Å²) >= 11 is 0. The van der Waals surface area contributed by atoms with E-state index in [0.29, 0.717) is 11.3 Å². The van der Waals surface area contributed by atoms with Crippen molar-refractivity contribution < 1.29 is 4.21 Å². The zero-order valence-electron chi connectivity index (χ0n) is 11.0. The summed E-state index contributed by atoms with van der Waals surface area (Å²) < 4.78 is 12.0. The van der Waals surface area contributed by atoms with Gasteiger partial charge < -0.3 is 5.32 Å². The number of aromatic nitrogens is 1. The van der Waals surface area contributed by atoms with Crippen LogP contribution < -0.4 is 5.32 Å². The SMILES string of the molecule is CC[S@@](=O)[C@@H]1CCCC[C@@H]1NCc1cccnc1. The van der Waals surface area contributed by atoms with Gasteiger partial charge in [-0.05, 0) is 24.5 Å². The van der Waals surface area contributed by atoms with E-state index in [1.54, 1.807) is 6.20 Å². The van der Waals surface area contributed by atoms with Gasteiger partial charge in [-0.3, -0.25) is 9.19 Å². The maximum absolute atomic E-state index is 12.0. The standard InChI is InChI=1S/C14H22N2OS/c1-2-18(17)14-8-4-3-7-13(14)16-11-12-6-5-9-15-10-12/h5-6,9-10,13-14,16H,2-4,7-8,11H2,1H3/t13-,14+,18+/m0/s1. The summed E-state index contributed by atoms with van der Waals surface area (Å²) in [5.74, 6) is 0.774. The zero-order valence-corrected chi connectivity index (χ0v) is 11.8. The van der Waals surface area contributed by atoms with Crippen LogP contribution in [0.15, 0.2) is 24.5 Å². The molecule has 1 heterocycles. The third-order valence-electron chi connectivity index (χ3n) is 3.62. The Morgan fingerprint density at radius 3 is 3.00 bits per heavy atom. The second kappa shape index (κ2) is 7.00. The van der Waals surface area contributed by atoms with Gasteiger partial charge in [0.15, 0.2) is 0 Å². The largest absolute Gasteiger partial charge is 0.309 e. The van der Waals surface area contributed by atoms with Crippen LogP contribution in [0.1, 0.15) is 38.2 Å². The summed E-state index contributed by atoms with van der Waals surface area (Å²) in [4.78, 5) is 4.12. The van der Waals surface area contributed by atoms with Gasteiger partial charge in [0.2, 0.25) is 0 Å². The monoisotopic (exact) mass is 266 g/mol. The molecular weight excluding hydrogens is 244 g/mol. The van der Waals surface area contributed by atoms with E-state index in [9.17, 15) is 4.21 Å². The lowest BCUT2D eigenvalue weighted by atomic mass is 9.94. The van der Waals surface area contributed by atoms with Crippen molar-refractivity contribution in [1.29, 1.82) is 0 Å². The molecule has 0 aromatic carbocycles. The molecule has 1 aliphatic rings. The van der Waals surface area contributed by atoms with Crippen LogP contribution in [0.25, 0.3) is 0 Å². The molecule has 3 atom stereocenters. The first-order chi connectivity index (χ1) is 8.81. The van der Waals surface area contributed by atoms with Gasteiger partial charge in [-0.1, -0.05) is 25.8 Å². The van der Waals surface area contributed by atoms with Crippen LogP contribution >= 0.6 is 0 Å². The van der Waals surface area contributed by atoms with Gasteiger partial charge in [0, 0.05) is 41.5 Å². The van der Waals surface area contributed by atoms with E-state index in [2.05, 4.69) is 16.4 Å². The topological polar surface area (TPSA) is 42.0 Å². The highest BCUT2D eigenvalue weighted by Gasteiger charge is 2.28. The van der Waals surface area contributed by atoms with Crippen molar-refractivity contribution in [3.8, 4) is 0 Å². The molecule has 0 unspecified atom stereocenters. The molecule has 0 spiro atoms. The van der Waals surface area contributed by atoms with Gasteiger partial charge in [0.25, 0.3) is 0 Å². The van der Waals surface area contributed by atoms with Gasteiger partial charge in [-0.25, -0.2) is 0 Å². The van der Waals surface area contributed by atoms with Crippen molar-refractivity contribution in [2.24, 2.45) is 0 Å². The molecule has 0 amide bonds. The minimum absolute atomic E-state index is 0.334. The highest BCUT2D eigenvalue weighted by Crippen LogP contribution is 2.23. The number of hydrogen-bond acceptors (Lipinski definition) is 3. The minimum Gasteiger partial charge on any atom is -0.309 e. The van der Waals surface area contributed by atoms with Crippen LogP contribution in [-0.4, -0.2) is 26.2 Å². The van der Waals surface area contributed by atoms with Crippen LogP contribution in [0.2, 0.25) is 0 Å². The highest BCUT2D eigenvalue weighted by atomic mass is 32.2. The van der Waals surface area contributed by atoms with E-state index >= 15 is 0 Å². The lowest BCUT2D eigenvalue weighted by molar-refractivity contribution is 0.377. The van der Waals surface area contributed by atoms with E-state index in [4.69, 9.17) is 0 Å². The molecule has 1 aromatic heterocycles. The van der Waals surface area contributed by atoms with E-state index in [-0.39, 0.29) is 0 Å². The smallest absolute Gasteiger partial charge is 0.0501 e. The molecule has 18 heavy (non-hydrogen) atoms. The second-order valence-corrected chi connectivity index (χ2v) is 6.79. The molecule has 0 bridgehead atoms. The average Bonchev–Trinajstić information content (AvgIpc) is 2.45. The van der Waals surface area contributed by atoms with Gasteiger partial charge >= 0.3 is 0 Å². The van der Waals surface area contributed by atoms with Gasteiger partial charge in [0.1, 0.15) is 0 Å². The van der Waals surface area contributed by atoms with Crippen LogP contribution in [0.4, 0.5) is 0 Å². The molecule has 1 aliphatic carbocycles. The molecule has 1 fully saturated rings. The van der Waals surface area contributed by atoms with Gasteiger partial charge in [0.05, 0.1) is 5.25 Å². The number of rotatable bonds is 5. The summed E-state index contributed by atoms with van der Waals surface area (Å²) in [7, 11) is -0.680. The normalized spacial score (nSPS) is 25.8. The van der Waals surface area contributed by atoms with Gasteiger partial charge in [-0.2, -0.15) is 0 Å². The third-order valence-corrected chi connectivity index (χ3v) is 5.42. The predicted molar refractivity (Wildman–Crippen MR) is 75.8 cm³/mol. The zero-order chi connectivity index (χ0) is 12.8. The summed E-state index contributed by atoms with van der Waals surface area (Å²) in [5, 5.41) is 3.90. The van der Waals surface area contributed by atoms with Crippen molar-refractivity contribution in [3.05, 3.63) is 30.1 Å². The van der Waals surface area contributed by atoms with Crippen molar-refractivity contribution in [3.63, 3.8) is 0 Å².